The van der Waals surface area contributed by atoms with Crippen molar-refractivity contribution in [2.45, 2.75) is 64.6 Å². The maximum absolute atomic E-state index is 13.2. The third kappa shape index (κ3) is 4.98. The minimum atomic E-state index is -0.250. The van der Waals surface area contributed by atoms with Crippen LogP contribution in [-0.2, 0) is 27.3 Å². The number of amides is 2. The summed E-state index contributed by atoms with van der Waals surface area (Å²) in [6, 6.07) is 10.9. The topological polar surface area (TPSA) is 109 Å². The fourth-order valence-electron chi connectivity index (χ4n) is 6.04. The smallest absolute Gasteiger partial charge is 0.290 e. The fraction of sp³-hybridized carbons (Fsp3) is 0.560. The van der Waals surface area contributed by atoms with Gasteiger partial charge in [0, 0.05) is 31.6 Å². The Labute approximate surface area is 199 Å². The summed E-state index contributed by atoms with van der Waals surface area (Å²) in [7, 11) is 0. The Morgan fingerprint density at radius 3 is 2.56 bits per heavy atom. The first-order chi connectivity index (χ1) is 16.4. The van der Waals surface area contributed by atoms with E-state index in [0.29, 0.717) is 30.0 Å². The minimum Gasteiger partial charge on any atom is -0.483 e. The van der Waals surface area contributed by atoms with Gasteiger partial charge in [0.25, 0.3) is 6.47 Å². The molecule has 1 aromatic carbocycles. The van der Waals surface area contributed by atoms with Crippen LogP contribution in [0.15, 0.2) is 30.3 Å². The molecule has 0 unspecified atom stereocenters. The maximum atomic E-state index is 13.2. The largest absolute Gasteiger partial charge is 0.483 e. The molecule has 9 heteroatoms. The molecule has 2 bridgehead atoms. The van der Waals surface area contributed by atoms with Gasteiger partial charge >= 0.3 is 0 Å². The van der Waals surface area contributed by atoms with Gasteiger partial charge in [-0.05, 0) is 56.9 Å². The van der Waals surface area contributed by atoms with Gasteiger partial charge in [0.15, 0.2) is 0 Å². The van der Waals surface area contributed by atoms with Crippen LogP contribution in [0.4, 0.5) is 0 Å². The molecule has 1 aromatic heterocycles. The van der Waals surface area contributed by atoms with Crippen LogP contribution in [0.2, 0.25) is 0 Å². The lowest BCUT2D eigenvalue weighted by Crippen LogP contribution is -2.66. The van der Waals surface area contributed by atoms with Crippen LogP contribution in [0.25, 0.3) is 0 Å². The van der Waals surface area contributed by atoms with E-state index >= 15 is 0 Å². The molecular formula is C25H33N5O4. The van der Waals surface area contributed by atoms with Gasteiger partial charge in [-0.15, -0.1) is 0 Å². The fourth-order valence-corrected chi connectivity index (χ4v) is 6.04. The van der Waals surface area contributed by atoms with E-state index in [0.717, 1.165) is 44.6 Å². The Kier molecular flexibility index (Phi) is 7.29. The summed E-state index contributed by atoms with van der Waals surface area (Å²) in [4.78, 5) is 43.1. The van der Waals surface area contributed by atoms with Gasteiger partial charge in [0.2, 0.25) is 11.8 Å². The zero-order chi connectivity index (χ0) is 24.2. The number of benzene rings is 1. The van der Waals surface area contributed by atoms with Crippen LogP contribution in [0.1, 0.15) is 42.9 Å². The average Bonchev–Trinajstić information content (AvgIpc) is 3.14. The number of fused-ring (bicyclic) bond motifs is 4. The van der Waals surface area contributed by atoms with Crippen molar-refractivity contribution < 1.29 is 19.5 Å². The molecule has 3 fully saturated rings. The highest BCUT2D eigenvalue weighted by Gasteiger charge is 2.49. The summed E-state index contributed by atoms with van der Waals surface area (Å²) in [5, 5.41) is 11.3. The Morgan fingerprint density at radius 2 is 1.88 bits per heavy atom. The van der Waals surface area contributed by atoms with Crippen molar-refractivity contribution >= 4 is 18.3 Å². The van der Waals surface area contributed by atoms with Gasteiger partial charge < -0.3 is 14.9 Å². The maximum Gasteiger partial charge on any atom is 0.290 e. The number of aromatic nitrogens is 3. The van der Waals surface area contributed by atoms with Crippen molar-refractivity contribution in [1.82, 2.24) is 24.6 Å². The summed E-state index contributed by atoms with van der Waals surface area (Å²) < 4.78 is 1.71. The van der Waals surface area contributed by atoms with Crippen LogP contribution in [0, 0.1) is 25.7 Å². The van der Waals surface area contributed by atoms with Gasteiger partial charge in [0.05, 0.1) is 0 Å². The number of nitrogens with zero attached hydrogens (tertiary/aromatic N) is 5. The molecule has 3 saturated heterocycles. The summed E-state index contributed by atoms with van der Waals surface area (Å²) in [5.74, 6) is 2.57. The molecule has 3 aliphatic rings. The van der Waals surface area contributed by atoms with E-state index in [1.54, 1.807) is 4.68 Å². The number of hydrogen-bond donors (Lipinski definition) is 1. The Hall–Kier alpha value is -3.23. The van der Waals surface area contributed by atoms with Gasteiger partial charge in [-0.1, -0.05) is 30.3 Å². The lowest BCUT2D eigenvalue weighted by atomic mass is 9.70. The van der Waals surface area contributed by atoms with Crippen molar-refractivity contribution in [2.24, 2.45) is 11.8 Å². The normalized spacial score (nSPS) is 25.8. The van der Waals surface area contributed by atoms with Gasteiger partial charge in [-0.2, -0.15) is 5.10 Å². The standard InChI is InChI=1S/C24H31N5O2.CH2O2/c1-16-25-17(2)28(26-16)15-24(31)27-13-19-12-20(14-27)22(11-18-7-4-3-5-8-18)29-21(19)9-6-10-23(29)30;2-1-3/h3-5,7-8,19-22H,6,9-15H2,1-2H3;1H,(H,2,3)/t19-,20+,21+,22+;/m1./s1. The molecule has 4 heterocycles. The third-order valence-electron chi connectivity index (χ3n) is 7.38. The lowest BCUT2D eigenvalue weighted by Gasteiger charge is -2.56. The second-order valence-corrected chi connectivity index (χ2v) is 9.54. The molecule has 0 aliphatic carbocycles. The second kappa shape index (κ2) is 10.4. The van der Waals surface area contributed by atoms with Crippen LogP contribution in [-0.4, -0.2) is 73.1 Å². The second-order valence-electron chi connectivity index (χ2n) is 9.54. The molecular weight excluding hydrogens is 434 g/mol. The molecule has 0 saturated carbocycles. The highest BCUT2D eigenvalue weighted by atomic mass is 16.3. The Balaban J connectivity index is 0.000000868. The molecule has 5 rings (SSSR count). The molecule has 0 spiro atoms. The van der Waals surface area contributed by atoms with Crippen molar-refractivity contribution in [1.29, 1.82) is 0 Å². The van der Waals surface area contributed by atoms with Crippen LogP contribution in [0.5, 0.6) is 0 Å². The zero-order valence-electron chi connectivity index (χ0n) is 19.8. The predicted octanol–water partition coefficient (Wildman–Crippen LogP) is 2.07. The van der Waals surface area contributed by atoms with E-state index in [2.05, 4.69) is 39.2 Å². The molecule has 0 radical (unpaired) electrons. The number of carbonyl (C=O) groups excluding carboxylic acids is 2. The molecule has 9 nitrogen and oxygen atoms in total. The third-order valence-corrected chi connectivity index (χ3v) is 7.38. The van der Waals surface area contributed by atoms with Crippen LogP contribution >= 0.6 is 0 Å². The highest BCUT2D eigenvalue weighted by Crippen LogP contribution is 2.42. The van der Waals surface area contributed by atoms with Gasteiger partial charge in [-0.25, -0.2) is 9.67 Å². The number of aryl methyl sites for hydroxylation is 2. The predicted molar refractivity (Wildman–Crippen MR) is 125 cm³/mol. The van der Waals surface area contributed by atoms with Gasteiger partial charge in [0.1, 0.15) is 18.2 Å². The molecule has 2 aromatic rings. The Morgan fingerprint density at radius 1 is 1.18 bits per heavy atom. The number of carboxylic acid groups (broad SMARTS) is 1. The monoisotopic (exact) mass is 467 g/mol. The van der Waals surface area contributed by atoms with E-state index in [1.165, 1.54) is 5.56 Å². The number of hydrogen-bond acceptors (Lipinski definition) is 5. The summed E-state index contributed by atoms with van der Waals surface area (Å²) in [5.41, 5.74) is 1.26. The highest BCUT2D eigenvalue weighted by molar-refractivity contribution is 5.78. The first-order valence-corrected chi connectivity index (χ1v) is 12.0. The SMILES string of the molecule is Cc1nc(C)n(CC(=O)N2C[C@H]3C[C@@H](C2)[C@H](Cc2ccccc2)N2C(=O)CCC[C@@H]32)n1.O=CO. The van der Waals surface area contributed by atoms with E-state index in [1.807, 2.05) is 24.8 Å². The summed E-state index contributed by atoms with van der Waals surface area (Å²) in [6.07, 6.45) is 4.65. The average molecular weight is 468 g/mol. The summed E-state index contributed by atoms with van der Waals surface area (Å²) >= 11 is 0. The number of likely N-dealkylation sites (tertiary alicyclic amines) is 1. The lowest BCUT2D eigenvalue weighted by molar-refractivity contribution is -0.156. The minimum absolute atomic E-state index is 0.108. The van der Waals surface area contributed by atoms with Crippen molar-refractivity contribution in [3.05, 3.63) is 47.5 Å². The van der Waals surface area contributed by atoms with Gasteiger partial charge in [-0.3, -0.25) is 14.4 Å². The van der Waals surface area contributed by atoms with E-state index < -0.39 is 0 Å². The molecule has 4 atom stereocenters. The molecule has 2 amide bonds. The zero-order valence-corrected chi connectivity index (χ0v) is 19.8. The van der Waals surface area contributed by atoms with Crippen molar-refractivity contribution in [3.63, 3.8) is 0 Å². The molecule has 3 aliphatic heterocycles. The molecule has 1 N–H and O–H groups in total. The first kappa shape index (κ1) is 23.9. The van der Waals surface area contributed by atoms with Crippen LogP contribution < -0.4 is 0 Å². The first-order valence-electron chi connectivity index (χ1n) is 12.0. The number of rotatable bonds is 4. The molecule has 182 valence electrons. The van der Waals surface area contributed by atoms with Crippen LogP contribution in [0.3, 0.4) is 0 Å². The van der Waals surface area contributed by atoms with E-state index in [-0.39, 0.29) is 31.0 Å². The van der Waals surface area contributed by atoms with E-state index in [4.69, 9.17) is 9.90 Å². The number of piperidine rings is 3. The quantitative estimate of drug-likeness (QED) is 0.690. The number of carbonyl (C=O) groups is 3. The van der Waals surface area contributed by atoms with Crippen molar-refractivity contribution in [3.8, 4) is 0 Å². The summed E-state index contributed by atoms with van der Waals surface area (Å²) in [6.45, 7) is 5.19. The van der Waals surface area contributed by atoms with E-state index in [9.17, 15) is 9.59 Å². The van der Waals surface area contributed by atoms with Crippen molar-refractivity contribution in [2.75, 3.05) is 13.1 Å². The molecule has 34 heavy (non-hydrogen) atoms. The Bertz CT molecular complexity index is 1020.